The summed E-state index contributed by atoms with van der Waals surface area (Å²) < 4.78 is 44.6. The summed E-state index contributed by atoms with van der Waals surface area (Å²) in [6.45, 7) is 9.71. The number of halogens is 4. The Morgan fingerprint density at radius 2 is 2.00 bits per heavy atom. The molecule has 1 N–H and O–H groups in total. The van der Waals surface area contributed by atoms with E-state index in [1.54, 1.807) is 11.0 Å². The number of nitrogens with zero attached hydrogens (tertiary/aromatic N) is 1. The van der Waals surface area contributed by atoms with Crippen molar-refractivity contribution in [2.24, 2.45) is 0 Å². The topological polar surface area (TPSA) is 41.6 Å². The lowest BCUT2D eigenvalue weighted by Gasteiger charge is -2.44. The van der Waals surface area contributed by atoms with Gasteiger partial charge in [-0.1, -0.05) is 24.6 Å². The van der Waals surface area contributed by atoms with E-state index < -0.39 is 11.7 Å². The van der Waals surface area contributed by atoms with Crippen molar-refractivity contribution in [3.8, 4) is 0 Å². The van der Waals surface area contributed by atoms with Crippen molar-refractivity contribution in [3.05, 3.63) is 47.0 Å². The molecule has 0 spiro atoms. The van der Waals surface area contributed by atoms with E-state index >= 15 is 0 Å². The van der Waals surface area contributed by atoms with Crippen LogP contribution in [-0.4, -0.2) is 35.2 Å². The van der Waals surface area contributed by atoms with Gasteiger partial charge in [0, 0.05) is 29.7 Å². The Morgan fingerprint density at radius 3 is 2.57 bits per heavy atom. The van der Waals surface area contributed by atoms with Crippen LogP contribution in [0.5, 0.6) is 0 Å². The van der Waals surface area contributed by atoms with E-state index in [4.69, 9.17) is 16.3 Å². The Hall–Kier alpha value is -1.73. The van der Waals surface area contributed by atoms with Gasteiger partial charge in [0.15, 0.2) is 0 Å². The van der Waals surface area contributed by atoms with Crippen molar-refractivity contribution in [1.82, 2.24) is 10.2 Å². The second kappa shape index (κ2) is 10.5. The summed E-state index contributed by atoms with van der Waals surface area (Å²) in [4.78, 5) is 14.5. The fourth-order valence-electron chi connectivity index (χ4n) is 3.95. The van der Waals surface area contributed by atoms with Crippen molar-refractivity contribution in [2.45, 2.75) is 83.4 Å². The number of rotatable bonds is 7. The Bertz CT molecular complexity index is 740. The van der Waals surface area contributed by atoms with Crippen LogP contribution in [0.1, 0.15) is 57.6 Å². The predicted octanol–water partition coefficient (Wildman–Crippen LogP) is 6.18. The molecule has 0 saturated carbocycles. The molecule has 0 aromatic heterocycles. The van der Waals surface area contributed by atoms with Gasteiger partial charge in [-0.15, -0.1) is 6.58 Å². The summed E-state index contributed by atoms with van der Waals surface area (Å²) in [5.41, 5.74) is -0.279. The van der Waals surface area contributed by atoms with Crippen molar-refractivity contribution in [2.75, 3.05) is 0 Å². The van der Waals surface area contributed by atoms with E-state index in [9.17, 15) is 18.0 Å². The normalized spacial score (nSPS) is 22.3. The molecule has 1 aromatic rings. The first-order valence-electron chi connectivity index (χ1n) is 10.2. The molecule has 1 aromatic carbocycles. The minimum absolute atomic E-state index is 0.0162. The van der Waals surface area contributed by atoms with Crippen LogP contribution in [0.15, 0.2) is 30.9 Å². The lowest BCUT2D eigenvalue weighted by atomic mass is 9.88. The van der Waals surface area contributed by atoms with Crippen LogP contribution < -0.4 is 5.32 Å². The molecule has 0 radical (unpaired) electrons. The second-order valence-electron chi connectivity index (χ2n) is 7.98. The van der Waals surface area contributed by atoms with E-state index in [2.05, 4.69) is 11.9 Å². The number of benzene rings is 1. The number of carbonyl (C=O) groups is 1. The SMILES string of the molecule is C=CCC1CC(NCc2cc(Cl)cc(C(F)(F)F)c2)CC(CC)N1C(=O)OC(C)C. The van der Waals surface area contributed by atoms with Gasteiger partial charge < -0.3 is 15.0 Å². The first-order chi connectivity index (χ1) is 14.0. The summed E-state index contributed by atoms with van der Waals surface area (Å²) >= 11 is 5.89. The van der Waals surface area contributed by atoms with Crippen LogP contribution in [0.25, 0.3) is 0 Å². The standard InChI is InChI=1S/C22H30ClF3N2O2/c1-5-7-20-12-18(11-19(6-2)28(20)21(29)30-14(3)4)27-13-15-8-16(22(24,25)26)10-17(23)9-15/h5,8-10,14,18-20,27H,1,6-7,11-13H2,2-4H3. The third-order valence-electron chi connectivity index (χ3n) is 5.24. The second-order valence-corrected chi connectivity index (χ2v) is 8.41. The van der Waals surface area contributed by atoms with Gasteiger partial charge in [-0.2, -0.15) is 13.2 Å². The van der Waals surface area contributed by atoms with Crippen LogP contribution in [-0.2, 0) is 17.5 Å². The van der Waals surface area contributed by atoms with Gasteiger partial charge in [0.25, 0.3) is 0 Å². The highest BCUT2D eigenvalue weighted by Gasteiger charge is 2.38. The van der Waals surface area contributed by atoms with Crippen molar-refractivity contribution in [3.63, 3.8) is 0 Å². The van der Waals surface area contributed by atoms with Crippen LogP contribution in [0, 0.1) is 0 Å². The van der Waals surface area contributed by atoms with Gasteiger partial charge in [0.1, 0.15) is 0 Å². The quantitative estimate of drug-likeness (QED) is 0.508. The number of hydrogen-bond acceptors (Lipinski definition) is 3. The zero-order valence-corrected chi connectivity index (χ0v) is 18.4. The zero-order valence-electron chi connectivity index (χ0n) is 17.6. The third-order valence-corrected chi connectivity index (χ3v) is 5.46. The maximum atomic E-state index is 13.0. The fraction of sp³-hybridized carbons (Fsp3) is 0.591. The van der Waals surface area contributed by atoms with Gasteiger partial charge in [-0.25, -0.2) is 4.79 Å². The number of amides is 1. The maximum absolute atomic E-state index is 13.0. The molecule has 168 valence electrons. The maximum Gasteiger partial charge on any atom is 0.416 e. The Morgan fingerprint density at radius 1 is 1.33 bits per heavy atom. The van der Waals surface area contributed by atoms with E-state index in [1.807, 2.05) is 20.8 Å². The van der Waals surface area contributed by atoms with Crippen LogP contribution in [0.2, 0.25) is 5.02 Å². The monoisotopic (exact) mass is 446 g/mol. The molecule has 3 unspecified atom stereocenters. The van der Waals surface area contributed by atoms with Crippen LogP contribution in [0.3, 0.4) is 0 Å². The van der Waals surface area contributed by atoms with Gasteiger partial charge in [0.2, 0.25) is 0 Å². The average Bonchev–Trinajstić information content (AvgIpc) is 2.64. The number of ether oxygens (including phenoxy) is 1. The van der Waals surface area contributed by atoms with Gasteiger partial charge in [-0.05, 0) is 63.3 Å². The molecule has 0 aliphatic carbocycles. The predicted molar refractivity (Wildman–Crippen MR) is 112 cm³/mol. The first-order valence-corrected chi connectivity index (χ1v) is 10.6. The Labute approximate surface area is 181 Å². The van der Waals surface area contributed by atoms with E-state index in [-0.39, 0.29) is 41.9 Å². The van der Waals surface area contributed by atoms with Crippen molar-refractivity contribution >= 4 is 17.7 Å². The summed E-state index contributed by atoms with van der Waals surface area (Å²) in [5.74, 6) is 0. The molecule has 0 bridgehead atoms. The molecule has 3 atom stereocenters. The molecule has 8 heteroatoms. The lowest BCUT2D eigenvalue weighted by molar-refractivity contribution is -0.137. The van der Waals surface area contributed by atoms with E-state index in [0.717, 1.165) is 18.6 Å². The number of piperidine rings is 1. The van der Waals surface area contributed by atoms with Gasteiger partial charge in [0.05, 0.1) is 11.7 Å². The summed E-state index contributed by atoms with van der Waals surface area (Å²) in [7, 11) is 0. The number of carbonyl (C=O) groups excluding carboxylic acids is 1. The van der Waals surface area contributed by atoms with Crippen LogP contribution in [0.4, 0.5) is 18.0 Å². The molecular formula is C22H30ClF3N2O2. The summed E-state index contributed by atoms with van der Waals surface area (Å²) in [6.07, 6.45) is -0.447. The highest BCUT2D eigenvalue weighted by molar-refractivity contribution is 6.30. The number of hydrogen-bond donors (Lipinski definition) is 1. The Balaban J connectivity index is 2.12. The molecule has 1 aliphatic rings. The molecule has 30 heavy (non-hydrogen) atoms. The molecule has 1 saturated heterocycles. The fourth-order valence-corrected chi connectivity index (χ4v) is 4.21. The van der Waals surface area contributed by atoms with Gasteiger partial charge in [-0.3, -0.25) is 0 Å². The molecule has 1 fully saturated rings. The molecular weight excluding hydrogens is 417 g/mol. The molecule has 1 heterocycles. The van der Waals surface area contributed by atoms with E-state index in [0.29, 0.717) is 24.8 Å². The number of alkyl halides is 3. The summed E-state index contributed by atoms with van der Waals surface area (Å²) in [6, 6.07) is 3.55. The smallest absolute Gasteiger partial charge is 0.416 e. The molecule has 1 amide bonds. The number of nitrogens with one attached hydrogen (secondary N) is 1. The van der Waals surface area contributed by atoms with Gasteiger partial charge >= 0.3 is 12.3 Å². The third kappa shape index (κ3) is 6.64. The average molecular weight is 447 g/mol. The zero-order chi connectivity index (χ0) is 22.5. The largest absolute Gasteiger partial charge is 0.447 e. The molecule has 1 aliphatic heterocycles. The van der Waals surface area contributed by atoms with Crippen molar-refractivity contribution in [1.29, 1.82) is 0 Å². The molecule has 4 nitrogen and oxygen atoms in total. The number of likely N-dealkylation sites (tertiary alicyclic amines) is 1. The highest BCUT2D eigenvalue weighted by Crippen LogP contribution is 2.32. The summed E-state index contributed by atoms with van der Waals surface area (Å²) in [5, 5.41) is 3.42. The van der Waals surface area contributed by atoms with Crippen LogP contribution >= 0.6 is 11.6 Å². The minimum atomic E-state index is -4.44. The van der Waals surface area contributed by atoms with Crippen molar-refractivity contribution < 1.29 is 22.7 Å². The first kappa shape index (κ1) is 24.5. The highest BCUT2D eigenvalue weighted by atomic mass is 35.5. The molecule has 2 rings (SSSR count). The minimum Gasteiger partial charge on any atom is -0.447 e. The lowest BCUT2D eigenvalue weighted by Crippen LogP contribution is -2.56. The Kier molecular flexibility index (Phi) is 8.62. The van der Waals surface area contributed by atoms with E-state index in [1.165, 1.54) is 6.07 Å².